The number of nitrogens with zero attached hydrogens (tertiary/aromatic N) is 2. The summed E-state index contributed by atoms with van der Waals surface area (Å²) in [5, 5.41) is 3.06. The highest BCUT2D eigenvalue weighted by Crippen LogP contribution is 2.16. The van der Waals surface area contributed by atoms with Crippen LogP contribution in [0.25, 0.3) is 0 Å². The van der Waals surface area contributed by atoms with Gasteiger partial charge in [-0.1, -0.05) is 0 Å². The molecule has 0 bridgehead atoms. The molecule has 0 unspecified atom stereocenters. The van der Waals surface area contributed by atoms with E-state index in [1.165, 1.54) is 0 Å². The van der Waals surface area contributed by atoms with Gasteiger partial charge in [-0.2, -0.15) is 0 Å². The topological polar surface area (TPSA) is 71.5 Å². The Bertz CT molecular complexity index is 739. The Kier molecular flexibility index (Phi) is 5.84. The van der Waals surface area contributed by atoms with Crippen molar-refractivity contribution in [3.05, 3.63) is 59.9 Å². The zero-order chi connectivity index (χ0) is 18.4. The number of hydrogen-bond donors (Lipinski definition) is 1. The molecule has 1 saturated heterocycles. The number of amides is 2. The maximum Gasteiger partial charge on any atom is 0.253 e. The molecule has 0 radical (unpaired) electrons. The number of benzene rings is 1. The lowest BCUT2D eigenvalue weighted by Crippen LogP contribution is -2.46. The summed E-state index contributed by atoms with van der Waals surface area (Å²) in [4.78, 5) is 30.6. The Morgan fingerprint density at radius 3 is 2.35 bits per heavy atom. The van der Waals surface area contributed by atoms with E-state index in [-0.39, 0.29) is 17.9 Å². The number of nitrogens with one attached hydrogen (secondary N) is 1. The minimum Gasteiger partial charge on any atom is -0.494 e. The molecule has 0 aliphatic carbocycles. The van der Waals surface area contributed by atoms with Gasteiger partial charge >= 0.3 is 0 Å². The molecule has 26 heavy (non-hydrogen) atoms. The second-order valence-corrected chi connectivity index (χ2v) is 6.23. The average Bonchev–Trinajstić information content (AvgIpc) is 2.69. The maximum absolute atomic E-state index is 12.4. The van der Waals surface area contributed by atoms with Crippen molar-refractivity contribution in [1.29, 1.82) is 0 Å². The number of hydrogen-bond acceptors (Lipinski definition) is 4. The largest absolute Gasteiger partial charge is 0.494 e. The summed E-state index contributed by atoms with van der Waals surface area (Å²) in [7, 11) is 0. The highest BCUT2D eigenvalue weighted by molar-refractivity contribution is 5.95. The van der Waals surface area contributed by atoms with Gasteiger partial charge in [0.05, 0.1) is 6.61 Å². The number of ether oxygens (including phenoxy) is 1. The van der Waals surface area contributed by atoms with Crippen LogP contribution >= 0.6 is 0 Å². The molecule has 0 atom stereocenters. The molecule has 6 heteroatoms. The third kappa shape index (κ3) is 4.39. The van der Waals surface area contributed by atoms with Crippen LogP contribution in [0.1, 0.15) is 40.5 Å². The van der Waals surface area contributed by atoms with Crippen LogP contribution in [-0.4, -0.2) is 47.4 Å². The SMILES string of the molecule is CCOc1ccc(C(=O)NC2CCN(C(=O)c3ccncc3)CC2)cc1. The zero-order valence-electron chi connectivity index (χ0n) is 14.9. The van der Waals surface area contributed by atoms with Crippen LogP contribution in [0.2, 0.25) is 0 Å². The Morgan fingerprint density at radius 2 is 1.73 bits per heavy atom. The molecule has 0 spiro atoms. The molecule has 2 heterocycles. The minimum absolute atomic E-state index is 0.0173. The maximum atomic E-state index is 12.4. The predicted molar refractivity (Wildman–Crippen MR) is 98.2 cm³/mol. The first-order chi connectivity index (χ1) is 12.7. The average molecular weight is 353 g/mol. The molecule has 1 N–H and O–H groups in total. The van der Waals surface area contributed by atoms with Gasteiger partial charge in [0.25, 0.3) is 11.8 Å². The van der Waals surface area contributed by atoms with Crippen molar-refractivity contribution in [2.75, 3.05) is 19.7 Å². The number of carbonyl (C=O) groups is 2. The molecular formula is C20H23N3O3. The molecule has 1 fully saturated rings. The normalized spacial score (nSPS) is 14.7. The molecule has 136 valence electrons. The van der Waals surface area contributed by atoms with Gasteiger partial charge in [-0.25, -0.2) is 0 Å². The summed E-state index contributed by atoms with van der Waals surface area (Å²) >= 11 is 0. The van der Waals surface area contributed by atoms with Gasteiger partial charge in [-0.3, -0.25) is 14.6 Å². The molecule has 2 aromatic rings. The highest BCUT2D eigenvalue weighted by Gasteiger charge is 2.24. The van der Waals surface area contributed by atoms with Gasteiger partial charge in [-0.15, -0.1) is 0 Å². The molecule has 1 aliphatic heterocycles. The Labute approximate surface area is 153 Å². The van der Waals surface area contributed by atoms with Crippen LogP contribution < -0.4 is 10.1 Å². The number of aromatic nitrogens is 1. The number of carbonyl (C=O) groups excluding carboxylic acids is 2. The summed E-state index contributed by atoms with van der Waals surface area (Å²) in [6, 6.07) is 10.7. The highest BCUT2D eigenvalue weighted by atomic mass is 16.5. The van der Waals surface area contributed by atoms with Gasteiger partial charge in [0.15, 0.2) is 0 Å². The fourth-order valence-electron chi connectivity index (χ4n) is 3.04. The van der Waals surface area contributed by atoms with Gasteiger partial charge in [0.2, 0.25) is 0 Å². The van der Waals surface area contributed by atoms with E-state index in [1.807, 2.05) is 11.8 Å². The van der Waals surface area contributed by atoms with Crippen molar-refractivity contribution in [3.8, 4) is 5.75 Å². The van der Waals surface area contributed by atoms with Crippen LogP contribution in [0, 0.1) is 0 Å². The lowest BCUT2D eigenvalue weighted by Gasteiger charge is -2.32. The van der Waals surface area contributed by atoms with Crippen molar-refractivity contribution >= 4 is 11.8 Å². The number of pyridine rings is 1. The summed E-state index contributed by atoms with van der Waals surface area (Å²) in [5.74, 6) is 0.683. The first-order valence-electron chi connectivity index (χ1n) is 8.90. The van der Waals surface area contributed by atoms with Crippen molar-refractivity contribution in [2.24, 2.45) is 0 Å². The molecule has 6 nitrogen and oxygen atoms in total. The first kappa shape index (κ1) is 17.9. The molecule has 3 rings (SSSR count). The van der Waals surface area contributed by atoms with Gasteiger partial charge in [-0.05, 0) is 56.2 Å². The Balaban J connectivity index is 1.50. The van der Waals surface area contributed by atoms with E-state index in [0.717, 1.165) is 18.6 Å². The Hall–Kier alpha value is -2.89. The summed E-state index contributed by atoms with van der Waals surface area (Å²) in [5.41, 5.74) is 1.26. The van der Waals surface area contributed by atoms with E-state index in [4.69, 9.17) is 4.74 Å². The second-order valence-electron chi connectivity index (χ2n) is 6.23. The lowest BCUT2D eigenvalue weighted by atomic mass is 10.0. The standard InChI is InChI=1S/C20H23N3O3/c1-2-26-18-5-3-15(4-6-18)19(24)22-17-9-13-23(14-10-17)20(25)16-7-11-21-12-8-16/h3-8,11-12,17H,2,9-10,13-14H2,1H3,(H,22,24). The van der Waals surface area contributed by atoms with Crippen LogP contribution in [0.15, 0.2) is 48.8 Å². The zero-order valence-corrected chi connectivity index (χ0v) is 14.9. The smallest absolute Gasteiger partial charge is 0.253 e. The van der Waals surface area contributed by atoms with Crippen molar-refractivity contribution in [3.63, 3.8) is 0 Å². The molecule has 1 aromatic heterocycles. The first-order valence-corrected chi connectivity index (χ1v) is 8.90. The van der Waals surface area contributed by atoms with Crippen molar-refractivity contribution in [1.82, 2.24) is 15.2 Å². The summed E-state index contributed by atoms with van der Waals surface area (Å²) < 4.78 is 5.39. The summed E-state index contributed by atoms with van der Waals surface area (Å²) in [6.45, 7) is 3.79. The molecule has 2 amide bonds. The molecular weight excluding hydrogens is 330 g/mol. The quantitative estimate of drug-likeness (QED) is 0.897. The van der Waals surface area contributed by atoms with E-state index in [2.05, 4.69) is 10.3 Å². The van der Waals surface area contributed by atoms with Crippen LogP contribution in [0.4, 0.5) is 0 Å². The van der Waals surface area contributed by atoms with E-state index in [0.29, 0.717) is 30.8 Å². The van der Waals surface area contributed by atoms with E-state index in [9.17, 15) is 9.59 Å². The fraction of sp³-hybridized carbons (Fsp3) is 0.350. The van der Waals surface area contributed by atoms with Crippen LogP contribution in [0.5, 0.6) is 5.75 Å². The van der Waals surface area contributed by atoms with Crippen molar-refractivity contribution < 1.29 is 14.3 Å². The van der Waals surface area contributed by atoms with Crippen LogP contribution in [-0.2, 0) is 0 Å². The van der Waals surface area contributed by atoms with Gasteiger partial charge < -0.3 is 15.0 Å². The lowest BCUT2D eigenvalue weighted by molar-refractivity contribution is 0.0698. The van der Waals surface area contributed by atoms with E-state index in [1.54, 1.807) is 48.8 Å². The second kappa shape index (κ2) is 8.47. The number of likely N-dealkylation sites (tertiary alicyclic amines) is 1. The van der Waals surface area contributed by atoms with Crippen LogP contribution in [0.3, 0.4) is 0 Å². The summed E-state index contributed by atoms with van der Waals surface area (Å²) in [6.07, 6.45) is 4.74. The van der Waals surface area contributed by atoms with Crippen molar-refractivity contribution in [2.45, 2.75) is 25.8 Å². The van der Waals surface area contributed by atoms with Gasteiger partial charge in [0, 0.05) is 42.7 Å². The third-order valence-electron chi connectivity index (χ3n) is 4.47. The van der Waals surface area contributed by atoms with E-state index >= 15 is 0 Å². The molecule has 1 aliphatic rings. The Morgan fingerprint density at radius 1 is 1.08 bits per heavy atom. The third-order valence-corrected chi connectivity index (χ3v) is 4.47. The molecule has 1 aromatic carbocycles. The fourth-order valence-corrected chi connectivity index (χ4v) is 3.04. The monoisotopic (exact) mass is 353 g/mol. The van der Waals surface area contributed by atoms with Gasteiger partial charge in [0.1, 0.15) is 5.75 Å². The predicted octanol–water partition coefficient (Wildman–Crippen LogP) is 2.51. The number of piperidine rings is 1. The minimum atomic E-state index is -0.0908. The van der Waals surface area contributed by atoms with E-state index < -0.39 is 0 Å². The molecule has 0 saturated carbocycles. The number of rotatable bonds is 5.